The lowest BCUT2D eigenvalue weighted by Crippen LogP contribution is -2.43. The first kappa shape index (κ1) is 16.0. The van der Waals surface area contributed by atoms with Crippen molar-refractivity contribution in [3.63, 3.8) is 0 Å². The first-order chi connectivity index (χ1) is 9.97. The van der Waals surface area contributed by atoms with Crippen LogP contribution in [0.4, 0.5) is 0 Å². The smallest absolute Gasteiger partial charge is 0.310 e. The quantitative estimate of drug-likeness (QED) is 0.851. The molecule has 1 amide bonds. The van der Waals surface area contributed by atoms with E-state index in [9.17, 15) is 14.7 Å². The molecule has 0 bridgehead atoms. The molecule has 1 aliphatic rings. The fraction of sp³-hybridized carbons (Fsp3) is 0.500. The lowest BCUT2D eigenvalue weighted by atomic mass is 9.66. The first-order valence-corrected chi connectivity index (χ1v) is 8.02. The Balaban J connectivity index is 2.03. The first-order valence-electron chi connectivity index (χ1n) is 7.22. The van der Waals surface area contributed by atoms with Gasteiger partial charge in [0.2, 0.25) is 5.91 Å². The zero-order valence-corrected chi connectivity index (χ0v) is 13.7. The molecule has 1 fully saturated rings. The highest BCUT2D eigenvalue weighted by molar-refractivity contribution is 9.10. The van der Waals surface area contributed by atoms with Gasteiger partial charge in [-0.05, 0) is 37.5 Å². The van der Waals surface area contributed by atoms with Crippen LogP contribution in [0.15, 0.2) is 28.7 Å². The summed E-state index contributed by atoms with van der Waals surface area (Å²) in [7, 11) is 0. The molecule has 1 aromatic carbocycles. The summed E-state index contributed by atoms with van der Waals surface area (Å²) < 4.78 is 0.976. The molecule has 0 radical (unpaired) electrons. The summed E-state index contributed by atoms with van der Waals surface area (Å²) in [5.74, 6) is -0.903. The van der Waals surface area contributed by atoms with Crippen molar-refractivity contribution in [2.45, 2.75) is 39.2 Å². The van der Waals surface area contributed by atoms with Crippen LogP contribution in [0.25, 0.3) is 0 Å². The van der Waals surface area contributed by atoms with Gasteiger partial charge >= 0.3 is 5.97 Å². The van der Waals surface area contributed by atoms with Crippen LogP contribution in [-0.4, -0.2) is 28.4 Å². The lowest BCUT2D eigenvalue weighted by Gasteiger charge is -2.38. The number of hydrogen-bond acceptors (Lipinski definition) is 2. The molecular weight excluding hydrogens is 334 g/mol. The van der Waals surface area contributed by atoms with Crippen LogP contribution < -0.4 is 0 Å². The van der Waals surface area contributed by atoms with Crippen molar-refractivity contribution in [3.8, 4) is 0 Å². The number of carbonyl (C=O) groups excluding carboxylic acids is 1. The van der Waals surface area contributed by atoms with Crippen LogP contribution in [0, 0.1) is 5.41 Å². The molecule has 1 aliphatic carbocycles. The fourth-order valence-corrected chi connectivity index (χ4v) is 3.15. The van der Waals surface area contributed by atoms with Crippen LogP contribution >= 0.6 is 15.9 Å². The van der Waals surface area contributed by atoms with E-state index in [2.05, 4.69) is 15.9 Å². The molecule has 4 nitrogen and oxygen atoms in total. The summed E-state index contributed by atoms with van der Waals surface area (Å²) in [5, 5.41) is 9.34. The van der Waals surface area contributed by atoms with Gasteiger partial charge in [0.25, 0.3) is 0 Å². The number of benzene rings is 1. The number of halogens is 1. The molecule has 1 saturated carbocycles. The Kier molecular flexibility index (Phi) is 5.04. The molecule has 0 aromatic heterocycles. The van der Waals surface area contributed by atoms with Gasteiger partial charge in [-0.1, -0.05) is 34.5 Å². The molecule has 21 heavy (non-hydrogen) atoms. The van der Waals surface area contributed by atoms with Crippen LogP contribution in [0.2, 0.25) is 0 Å². The second-order valence-electron chi connectivity index (χ2n) is 5.65. The van der Waals surface area contributed by atoms with E-state index in [1.165, 1.54) is 0 Å². The number of nitrogens with zero attached hydrogens (tertiary/aromatic N) is 1. The molecule has 0 aliphatic heterocycles. The van der Waals surface area contributed by atoms with Gasteiger partial charge in [-0.25, -0.2) is 0 Å². The van der Waals surface area contributed by atoms with Crippen LogP contribution in [0.3, 0.4) is 0 Å². The van der Waals surface area contributed by atoms with Crippen molar-refractivity contribution in [3.05, 3.63) is 34.3 Å². The second kappa shape index (κ2) is 6.60. The van der Waals surface area contributed by atoms with Gasteiger partial charge in [0, 0.05) is 24.0 Å². The average molecular weight is 354 g/mol. The summed E-state index contributed by atoms with van der Waals surface area (Å²) in [6, 6.07) is 7.82. The number of amides is 1. The molecule has 1 aromatic rings. The van der Waals surface area contributed by atoms with Crippen LogP contribution in [-0.2, 0) is 16.1 Å². The Hall–Kier alpha value is -1.36. The van der Waals surface area contributed by atoms with Crippen LogP contribution in [0.5, 0.6) is 0 Å². The van der Waals surface area contributed by atoms with Gasteiger partial charge in [-0.2, -0.15) is 0 Å². The van der Waals surface area contributed by atoms with Gasteiger partial charge < -0.3 is 10.0 Å². The third kappa shape index (κ3) is 3.64. The van der Waals surface area contributed by atoms with Gasteiger partial charge in [-0.15, -0.1) is 0 Å². The second-order valence-corrected chi connectivity index (χ2v) is 6.57. The van der Waals surface area contributed by atoms with Crippen molar-refractivity contribution in [1.29, 1.82) is 0 Å². The Morgan fingerprint density at radius 3 is 2.57 bits per heavy atom. The van der Waals surface area contributed by atoms with Crippen molar-refractivity contribution < 1.29 is 14.7 Å². The van der Waals surface area contributed by atoms with E-state index in [0.29, 0.717) is 25.9 Å². The standard InChI is InChI=1S/C16H20BrNO3/c1-2-18(11-12-5-3-6-13(17)9-12)14(19)10-16(15(20)21)7-4-8-16/h3,5-6,9H,2,4,7-8,10-11H2,1H3,(H,20,21). The van der Waals surface area contributed by atoms with Gasteiger partial charge in [0.05, 0.1) is 5.41 Å². The normalized spacial score (nSPS) is 16.1. The van der Waals surface area contributed by atoms with E-state index in [-0.39, 0.29) is 12.3 Å². The zero-order chi connectivity index (χ0) is 15.5. The Bertz CT molecular complexity index is 540. The maximum atomic E-state index is 12.4. The van der Waals surface area contributed by atoms with Gasteiger partial charge in [0.1, 0.15) is 0 Å². The minimum absolute atomic E-state index is 0.0698. The van der Waals surface area contributed by atoms with Crippen LogP contribution in [0.1, 0.15) is 38.2 Å². The number of carbonyl (C=O) groups is 2. The minimum atomic E-state index is -0.833. The van der Waals surface area contributed by atoms with Gasteiger partial charge in [-0.3, -0.25) is 9.59 Å². The highest BCUT2D eigenvalue weighted by atomic mass is 79.9. The summed E-state index contributed by atoms with van der Waals surface area (Å²) in [4.78, 5) is 25.5. The maximum Gasteiger partial charge on any atom is 0.310 e. The molecule has 1 N–H and O–H groups in total. The van der Waals surface area contributed by atoms with E-state index in [1.807, 2.05) is 31.2 Å². The minimum Gasteiger partial charge on any atom is -0.481 e. The Morgan fingerprint density at radius 1 is 1.38 bits per heavy atom. The highest BCUT2D eigenvalue weighted by Gasteiger charge is 2.46. The molecule has 0 spiro atoms. The molecule has 114 valence electrons. The summed E-state index contributed by atoms with van der Waals surface area (Å²) in [6.45, 7) is 3.02. The molecular formula is C16H20BrNO3. The van der Waals surface area contributed by atoms with Crippen molar-refractivity contribution in [2.24, 2.45) is 5.41 Å². The number of carboxylic acid groups (broad SMARTS) is 1. The topological polar surface area (TPSA) is 57.6 Å². The molecule has 2 rings (SSSR count). The van der Waals surface area contributed by atoms with E-state index in [1.54, 1.807) is 4.90 Å². The number of rotatable bonds is 6. The number of hydrogen-bond donors (Lipinski definition) is 1. The van der Waals surface area contributed by atoms with E-state index >= 15 is 0 Å². The van der Waals surface area contributed by atoms with E-state index < -0.39 is 11.4 Å². The fourth-order valence-electron chi connectivity index (χ4n) is 2.70. The molecule has 5 heteroatoms. The predicted molar refractivity (Wildman–Crippen MR) is 83.8 cm³/mol. The largest absolute Gasteiger partial charge is 0.481 e. The number of aliphatic carboxylic acids is 1. The maximum absolute atomic E-state index is 12.4. The van der Waals surface area contributed by atoms with E-state index in [0.717, 1.165) is 16.5 Å². The monoisotopic (exact) mass is 353 g/mol. The Labute approximate surface area is 133 Å². The Morgan fingerprint density at radius 2 is 2.10 bits per heavy atom. The zero-order valence-electron chi connectivity index (χ0n) is 12.1. The lowest BCUT2D eigenvalue weighted by molar-refractivity contribution is -0.159. The summed E-state index contributed by atoms with van der Waals surface area (Å²) >= 11 is 3.42. The SMILES string of the molecule is CCN(Cc1cccc(Br)c1)C(=O)CC1(C(=O)O)CCC1. The van der Waals surface area contributed by atoms with E-state index in [4.69, 9.17) is 0 Å². The van der Waals surface area contributed by atoms with Gasteiger partial charge in [0.15, 0.2) is 0 Å². The third-order valence-corrected chi connectivity index (χ3v) is 4.74. The van der Waals surface area contributed by atoms with Crippen molar-refractivity contribution >= 4 is 27.8 Å². The predicted octanol–water partition coefficient (Wildman–Crippen LogP) is 3.44. The van der Waals surface area contributed by atoms with Crippen molar-refractivity contribution in [1.82, 2.24) is 4.90 Å². The summed E-state index contributed by atoms with van der Waals surface area (Å²) in [5.41, 5.74) is 0.222. The molecule has 0 heterocycles. The molecule has 0 unspecified atom stereocenters. The highest BCUT2D eigenvalue weighted by Crippen LogP contribution is 2.44. The third-order valence-electron chi connectivity index (χ3n) is 4.25. The molecule has 0 atom stereocenters. The molecule has 0 saturated heterocycles. The summed E-state index contributed by atoms with van der Waals surface area (Å²) in [6.07, 6.45) is 2.24. The average Bonchev–Trinajstić information content (AvgIpc) is 2.39. The van der Waals surface area contributed by atoms with Crippen molar-refractivity contribution in [2.75, 3.05) is 6.54 Å². The number of carboxylic acids is 1.